The van der Waals surface area contributed by atoms with Crippen molar-refractivity contribution in [3.8, 4) is 0 Å². The van der Waals surface area contributed by atoms with Gasteiger partial charge in [-0.15, -0.1) is 0 Å². The van der Waals surface area contributed by atoms with Crippen LogP contribution in [0.5, 0.6) is 0 Å². The zero-order valence-electron chi connectivity index (χ0n) is 24.9. The van der Waals surface area contributed by atoms with Crippen LogP contribution >= 0.6 is 0 Å². The number of amides is 1. The lowest BCUT2D eigenvalue weighted by molar-refractivity contribution is -0.133. The number of carbonyl (C=O) groups excluding carboxylic acids is 1. The number of aromatic nitrogens is 1. The largest absolute Gasteiger partial charge is 0.389 e. The summed E-state index contributed by atoms with van der Waals surface area (Å²) in [6.45, 7) is 16.5. The fourth-order valence-electron chi connectivity index (χ4n) is 4.85. The molecule has 1 amide bonds. The Balaban J connectivity index is 1.72. The van der Waals surface area contributed by atoms with Crippen LogP contribution in [0.3, 0.4) is 0 Å². The number of nitrogens with one attached hydrogen (secondary N) is 1. The molecule has 3 aromatic rings. The molecule has 0 aliphatic carbocycles. The normalized spacial score (nSPS) is 12.9. The number of para-hydroxylation sites is 1. The monoisotopic (exact) mass is 535 g/mol. The Morgan fingerprint density at radius 3 is 2.41 bits per heavy atom. The Labute approximate surface area is 235 Å². The minimum Gasteiger partial charge on any atom is -0.389 e. The van der Waals surface area contributed by atoms with Gasteiger partial charge in [0.1, 0.15) is 0 Å². The number of hydrogen-bond donors (Lipinski definition) is 2. The van der Waals surface area contributed by atoms with Crippen molar-refractivity contribution in [3.63, 3.8) is 0 Å². The van der Waals surface area contributed by atoms with E-state index >= 15 is 0 Å². The van der Waals surface area contributed by atoms with Crippen molar-refractivity contribution in [3.05, 3.63) is 71.4 Å². The van der Waals surface area contributed by atoms with Crippen LogP contribution in [0.15, 0.2) is 54.7 Å². The molecule has 0 aliphatic heterocycles. The molecular weight excluding hydrogens is 486 g/mol. The van der Waals surface area contributed by atoms with Crippen molar-refractivity contribution in [1.29, 1.82) is 0 Å². The van der Waals surface area contributed by atoms with Gasteiger partial charge in [0.05, 0.1) is 19.3 Å². The molecule has 1 heterocycles. The Bertz CT molecular complexity index is 1150. The Hall–Kier alpha value is -2.67. The van der Waals surface area contributed by atoms with Crippen LogP contribution in [0.25, 0.3) is 10.9 Å². The van der Waals surface area contributed by atoms with E-state index in [9.17, 15) is 9.90 Å². The molecule has 0 fully saturated rings. The number of rotatable bonds is 15. The number of aromatic amines is 1. The van der Waals surface area contributed by atoms with Crippen LogP contribution < -0.4 is 0 Å². The average Bonchev–Trinajstić information content (AvgIpc) is 3.29. The Kier molecular flexibility index (Phi) is 11.6. The van der Waals surface area contributed by atoms with Crippen LogP contribution in [-0.2, 0) is 27.9 Å². The molecule has 1 aromatic heterocycles. The van der Waals surface area contributed by atoms with Crippen LogP contribution in [0.1, 0.15) is 64.7 Å². The van der Waals surface area contributed by atoms with E-state index in [1.807, 2.05) is 11.0 Å². The maximum Gasteiger partial charge on any atom is 0.237 e. The second-order valence-electron chi connectivity index (χ2n) is 12.2. The van der Waals surface area contributed by atoms with Crippen molar-refractivity contribution in [2.24, 2.45) is 5.92 Å². The summed E-state index contributed by atoms with van der Waals surface area (Å²) in [6, 6.07) is 16.9. The summed E-state index contributed by atoms with van der Waals surface area (Å²) in [6.07, 6.45) is 3.13. The fraction of sp³-hybridized carbons (Fsp3) is 0.545. The molecule has 6 nitrogen and oxygen atoms in total. The number of benzene rings is 2. The van der Waals surface area contributed by atoms with Gasteiger partial charge >= 0.3 is 0 Å². The number of fused-ring (bicyclic) bond motifs is 1. The van der Waals surface area contributed by atoms with E-state index in [-0.39, 0.29) is 24.5 Å². The second-order valence-corrected chi connectivity index (χ2v) is 12.2. The summed E-state index contributed by atoms with van der Waals surface area (Å²) in [5.74, 6) is 0.507. The van der Waals surface area contributed by atoms with E-state index < -0.39 is 6.10 Å². The van der Waals surface area contributed by atoms with Crippen molar-refractivity contribution < 1.29 is 14.6 Å². The predicted molar refractivity (Wildman–Crippen MR) is 161 cm³/mol. The highest BCUT2D eigenvalue weighted by atomic mass is 16.5. The fourth-order valence-corrected chi connectivity index (χ4v) is 4.85. The van der Waals surface area contributed by atoms with Crippen molar-refractivity contribution >= 4 is 16.8 Å². The first-order valence-electron chi connectivity index (χ1n) is 14.5. The minimum atomic E-state index is -0.618. The lowest BCUT2D eigenvalue weighted by Crippen LogP contribution is -2.44. The summed E-state index contributed by atoms with van der Waals surface area (Å²) in [4.78, 5) is 21.1. The average molecular weight is 536 g/mol. The van der Waals surface area contributed by atoms with Gasteiger partial charge in [-0.05, 0) is 53.5 Å². The van der Waals surface area contributed by atoms with Crippen molar-refractivity contribution in [2.75, 3.05) is 39.4 Å². The number of carbonyl (C=O) groups is 1. The highest BCUT2D eigenvalue weighted by Crippen LogP contribution is 2.23. The molecule has 0 saturated carbocycles. The number of hydrogen-bond acceptors (Lipinski definition) is 4. The van der Waals surface area contributed by atoms with Gasteiger partial charge in [0.2, 0.25) is 5.91 Å². The Morgan fingerprint density at radius 1 is 1.03 bits per heavy atom. The summed E-state index contributed by atoms with van der Waals surface area (Å²) in [5.41, 5.74) is 4.83. The van der Waals surface area contributed by atoms with Crippen LogP contribution in [-0.4, -0.2) is 71.3 Å². The first-order chi connectivity index (χ1) is 18.6. The minimum absolute atomic E-state index is 0.0819. The van der Waals surface area contributed by atoms with E-state index in [1.165, 1.54) is 16.5 Å². The van der Waals surface area contributed by atoms with E-state index in [1.54, 1.807) is 0 Å². The topological polar surface area (TPSA) is 68.8 Å². The quantitative estimate of drug-likeness (QED) is 0.259. The standard InChI is InChI=1S/C33H49N3O3/c1-7-17-35(21-29(37)24-39-23-25(2)3)22-32(38)36(20-26-12-14-28(15-13-26)33(4,5)6)18-16-27-19-34-31-11-9-8-10-30(27)31/h8-15,19,25,29,34,37H,7,16-18,20-24H2,1-6H3/t29-/m0/s1. The molecule has 0 bridgehead atoms. The van der Waals surface area contributed by atoms with Gasteiger partial charge in [-0.3, -0.25) is 9.69 Å². The van der Waals surface area contributed by atoms with E-state index in [2.05, 4.69) is 100 Å². The van der Waals surface area contributed by atoms with Gasteiger partial charge in [0.25, 0.3) is 0 Å². The summed E-state index contributed by atoms with van der Waals surface area (Å²) in [5, 5.41) is 11.8. The number of H-pyrrole nitrogens is 1. The predicted octanol–water partition coefficient (Wildman–Crippen LogP) is 5.78. The zero-order chi connectivity index (χ0) is 28.4. The molecule has 214 valence electrons. The second kappa shape index (κ2) is 14.6. The number of nitrogens with zero attached hydrogens (tertiary/aromatic N) is 2. The highest BCUT2D eigenvalue weighted by Gasteiger charge is 2.21. The molecule has 0 spiro atoms. The number of aliphatic hydroxyl groups excluding tert-OH is 1. The summed E-state index contributed by atoms with van der Waals surface area (Å²) in [7, 11) is 0. The summed E-state index contributed by atoms with van der Waals surface area (Å²) >= 11 is 0. The molecule has 0 radical (unpaired) electrons. The lowest BCUT2D eigenvalue weighted by atomic mass is 9.87. The maximum absolute atomic E-state index is 13.7. The molecule has 1 atom stereocenters. The first-order valence-corrected chi connectivity index (χ1v) is 14.5. The van der Waals surface area contributed by atoms with Gasteiger partial charge in [-0.25, -0.2) is 0 Å². The lowest BCUT2D eigenvalue weighted by Gasteiger charge is -2.29. The molecule has 0 saturated heterocycles. The van der Waals surface area contributed by atoms with Crippen LogP contribution in [0.4, 0.5) is 0 Å². The van der Waals surface area contributed by atoms with Gasteiger partial charge in [0.15, 0.2) is 0 Å². The molecule has 6 heteroatoms. The van der Waals surface area contributed by atoms with Crippen LogP contribution in [0.2, 0.25) is 0 Å². The zero-order valence-corrected chi connectivity index (χ0v) is 24.9. The van der Waals surface area contributed by atoms with Gasteiger partial charge < -0.3 is 19.7 Å². The SMILES string of the molecule is CCCN(CC(=O)N(CCc1c[nH]c2ccccc12)Cc1ccc(C(C)(C)C)cc1)C[C@H](O)COCC(C)C. The van der Waals surface area contributed by atoms with E-state index in [0.29, 0.717) is 32.2 Å². The van der Waals surface area contributed by atoms with Gasteiger partial charge in [-0.2, -0.15) is 0 Å². The highest BCUT2D eigenvalue weighted by molar-refractivity contribution is 5.83. The van der Waals surface area contributed by atoms with Crippen molar-refractivity contribution in [1.82, 2.24) is 14.8 Å². The smallest absolute Gasteiger partial charge is 0.237 e. The van der Waals surface area contributed by atoms with Gasteiger partial charge in [-0.1, -0.05) is 84.0 Å². The molecule has 3 rings (SSSR count). The van der Waals surface area contributed by atoms with Crippen LogP contribution in [0, 0.1) is 5.92 Å². The summed E-state index contributed by atoms with van der Waals surface area (Å²) < 4.78 is 5.64. The number of aliphatic hydroxyl groups is 1. The molecule has 2 aromatic carbocycles. The molecule has 2 N–H and O–H groups in total. The first kappa shape index (κ1) is 30.9. The van der Waals surface area contributed by atoms with E-state index in [4.69, 9.17) is 4.74 Å². The third-order valence-electron chi connectivity index (χ3n) is 7.00. The number of ether oxygens (including phenoxy) is 1. The molecule has 0 unspecified atom stereocenters. The van der Waals surface area contributed by atoms with Gasteiger partial charge in [0, 0.05) is 43.3 Å². The molecule has 39 heavy (non-hydrogen) atoms. The van der Waals surface area contributed by atoms with E-state index in [0.717, 1.165) is 30.5 Å². The molecule has 0 aliphatic rings. The third kappa shape index (κ3) is 9.79. The molecular formula is C33H49N3O3. The van der Waals surface area contributed by atoms with Crippen molar-refractivity contribution in [2.45, 2.75) is 72.4 Å². The Morgan fingerprint density at radius 2 is 1.74 bits per heavy atom. The third-order valence-corrected chi connectivity index (χ3v) is 7.00. The maximum atomic E-state index is 13.7.